The van der Waals surface area contributed by atoms with Crippen molar-refractivity contribution in [1.82, 2.24) is 0 Å². The maximum atomic E-state index is 11.6. The quantitative estimate of drug-likeness (QED) is 0.607. The fourth-order valence-electron chi connectivity index (χ4n) is 2.17. The molecule has 1 aromatic carbocycles. The molecule has 0 spiro atoms. The largest absolute Gasteiger partial charge is 0.300 e. The van der Waals surface area contributed by atoms with Crippen LogP contribution in [0.2, 0.25) is 0 Å². The topological polar surface area (TPSA) is 17.1 Å². The Kier molecular flexibility index (Phi) is 6.61. The van der Waals surface area contributed by atoms with E-state index in [2.05, 4.69) is 19.1 Å². The lowest BCUT2D eigenvalue weighted by molar-refractivity contribution is -0.120. The number of carbonyl (C=O) groups excluding carboxylic acids is 1. The maximum Gasteiger partial charge on any atom is 0.133 e. The lowest BCUT2D eigenvalue weighted by atomic mass is 9.91. The number of benzene rings is 1. The van der Waals surface area contributed by atoms with Crippen molar-refractivity contribution >= 4 is 5.78 Å². The Balaban J connectivity index is 2.41. The smallest absolute Gasteiger partial charge is 0.133 e. The standard InChI is InChI=1S/C16H24O/c1-3-4-5-9-12-16(14(2)17)13-15-10-7-6-8-11-15/h6-8,10-11,16H,3-5,9,12-13H2,1-2H3. The number of ketones is 1. The number of carbonyl (C=O) groups is 1. The zero-order chi connectivity index (χ0) is 12.5. The van der Waals surface area contributed by atoms with Crippen LogP contribution in [0.3, 0.4) is 0 Å². The van der Waals surface area contributed by atoms with Crippen LogP contribution < -0.4 is 0 Å². The van der Waals surface area contributed by atoms with Crippen LogP contribution in [0.25, 0.3) is 0 Å². The lowest BCUT2D eigenvalue weighted by Crippen LogP contribution is -2.14. The van der Waals surface area contributed by atoms with Crippen molar-refractivity contribution in [2.45, 2.75) is 52.4 Å². The minimum Gasteiger partial charge on any atom is -0.300 e. The molecule has 1 nitrogen and oxygen atoms in total. The van der Waals surface area contributed by atoms with Gasteiger partial charge in [0.05, 0.1) is 0 Å². The number of hydrogen-bond acceptors (Lipinski definition) is 1. The highest BCUT2D eigenvalue weighted by Gasteiger charge is 2.14. The summed E-state index contributed by atoms with van der Waals surface area (Å²) >= 11 is 0. The molecular formula is C16H24O. The molecule has 0 radical (unpaired) electrons. The van der Waals surface area contributed by atoms with Crippen LogP contribution in [0.5, 0.6) is 0 Å². The molecule has 17 heavy (non-hydrogen) atoms. The van der Waals surface area contributed by atoms with Crippen molar-refractivity contribution in [2.24, 2.45) is 5.92 Å². The fourth-order valence-corrected chi connectivity index (χ4v) is 2.17. The van der Waals surface area contributed by atoms with Gasteiger partial charge in [-0.25, -0.2) is 0 Å². The average molecular weight is 232 g/mol. The van der Waals surface area contributed by atoms with Crippen LogP contribution in [-0.4, -0.2) is 5.78 Å². The molecule has 0 aliphatic rings. The molecule has 1 aromatic rings. The van der Waals surface area contributed by atoms with E-state index in [0.717, 1.165) is 12.8 Å². The summed E-state index contributed by atoms with van der Waals surface area (Å²) in [5.74, 6) is 0.555. The highest BCUT2D eigenvalue weighted by Crippen LogP contribution is 2.17. The van der Waals surface area contributed by atoms with Gasteiger partial charge < -0.3 is 0 Å². The van der Waals surface area contributed by atoms with Crippen LogP contribution in [0.1, 0.15) is 51.5 Å². The third-order valence-electron chi connectivity index (χ3n) is 3.31. The Labute approximate surface area is 105 Å². The van der Waals surface area contributed by atoms with E-state index >= 15 is 0 Å². The fraction of sp³-hybridized carbons (Fsp3) is 0.562. The summed E-state index contributed by atoms with van der Waals surface area (Å²) in [6.07, 6.45) is 6.94. The van der Waals surface area contributed by atoms with Crippen LogP contribution in [0.15, 0.2) is 30.3 Å². The minimum atomic E-state index is 0.217. The Morgan fingerprint density at radius 2 is 1.82 bits per heavy atom. The van der Waals surface area contributed by atoms with E-state index in [1.54, 1.807) is 6.92 Å². The summed E-state index contributed by atoms with van der Waals surface area (Å²) in [7, 11) is 0. The third kappa shape index (κ3) is 5.67. The first-order valence-corrected chi connectivity index (χ1v) is 6.78. The molecule has 1 heteroatoms. The van der Waals surface area contributed by atoms with Gasteiger partial charge >= 0.3 is 0 Å². The zero-order valence-electron chi connectivity index (χ0n) is 11.1. The van der Waals surface area contributed by atoms with Gasteiger partial charge in [-0.3, -0.25) is 4.79 Å². The van der Waals surface area contributed by atoms with E-state index in [-0.39, 0.29) is 5.92 Å². The van der Waals surface area contributed by atoms with Gasteiger partial charge in [0.25, 0.3) is 0 Å². The Bertz CT molecular complexity index is 316. The highest BCUT2D eigenvalue weighted by molar-refractivity contribution is 5.78. The summed E-state index contributed by atoms with van der Waals surface area (Å²) in [4.78, 5) is 11.6. The van der Waals surface area contributed by atoms with Gasteiger partial charge in [0.2, 0.25) is 0 Å². The molecule has 1 atom stereocenters. The van der Waals surface area contributed by atoms with Crippen molar-refractivity contribution in [3.05, 3.63) is 35.9 Å². The van der Waals surface area contributed by atoms with Gasteiger partial charge in [-0.1, -0.05) is 62.9 Å². The van der Waals surface area contributed by atoms with E-state index in [0.29, 0.717) is 5.78 Å². The van der Waals surface area contributed by atoms with Crippen LogP contribution in [-0.2, 0) is 11.2 Å². The molecule has 1 rings (SSSR count). The van der Waals surface area contributed by atoms with Crippen molar-refractivity contribution < 1.29 is 4.79 Å². The summed E-state index contributed by atoms with van der Waals surface area (Å²) in [5, 5.41) is 0. The molecule has 0 N–H and O–H groups in total. The maximum absolute atomic E-state index is 11.6. The molecule has 0 saturated carbocycles. The molecule has 0 bridgehead atoms. The Morgan fingerprint density at radius 3 is 2.41 bits per heavy atom. The molecule has 0 aliphatic carbocycles. The number of hydrogen-bond donors (Lipinski definition) is 0. The SMILES string of the molecule is CCCCCCC(Cc1ccccc1)C(C)=O. The van der Waals surface area contributed by atoms with Gasteiger partial charge in [-0.15, -0.1) is 0 Å². The van der Waals surface area contributed by atoms with Gasteiger partial charge in [0, 0.05) is 5.92 Å². The van der Waals surface area contributed by atoms with Crippen LogP contribution in [0.4, 0.5) is 0 Å². The monoisotopic (exact) mass is 232 g/mol. The molecule has 0 fully saturated rings. The Hall–Kier alpha value is -1.11. The first-order chi connectivity index (χ1) is 8.24. The summed E-state index contributed by atoms with van der Waals surface area (Å²) in [6, 6.07) is 10.3. The molecule has 1 unspecified atom stereocenters. The van der Waals surface area contributed by atoms with Crippen molar-refractivity contribution in [3.8, 4) is 0 Å². The molecule has 0 saturated heterocycles. The molecule has 0 aliphatic heterocycles. The van der Waals surface area contributed by atoms with Gasteiger partial charge in [-0.05, 0) is 25.3 Å². The number of unbranched alkanes of at least 4 members (excludes halogenated alkanes) is 3. The van der Waals surface area contributed by atoms with Crippen molar-refractivity contribution in [3.63, 3.8) is 0 Å². The predicted molar refractivity (Wildman–Crippen MR) is 73.1 cm³/mol. The second-order valence-electron chi connectivity index (χ2n) is 4.85. The molecule has 94 valence electrons. The number of Topliss-reactive ketones (excluding diaryl/α,β-unsaturated/α-hetero) is 1. The zero-order valence-corrected chi connectivity index (χ0v) is 11.1. The second-order valence-corrected chi connectivity index (χ2v) is 4.85. The van der Waals surface area contributed by atoms with E-state index in [1.807, 2.05) is 18.2 Å². The average Bonchev–Trinajstić information content (AvgIpc) is 2.34. The van der Waals surface area contributed by atoms with E-state index in [9.17, 15) is 4.79 Å². The number of rotatable bonds is 8. The van der Waals surface area contributed by atoms with Crippen LogP contribution >= 0.6 is 0 Å². The lowest BCUT2D eigenvalue weighted by Gasteiger charge is -2.13. The Morgan fingerprint density at radius 1 is 1.12 bits per heavy atom. The third-order valence-corrected chi connectivity index (χ3v) is 3.31. The molecule has 0 amide bonds. The second kappa shape index (κ2) is 8.05. The molecule has 0 heterocycles. The molecule has 0 aromatic heterocycles. The van der Waals surface area contributed by atoms with Gasteiger partial charge in [0.15, 0.2) is 0 Å². The van der Waals surface area contributed by atoms with E-state index in [1.165, 1.54) is 31.2 Å². The highest BCUT2D eigenvalue weighted by atomic mass is 16.1. The predicted octanol–water partition coefficient (Wildman–Crippen LogP) is 4.40. The van der Waals surface area contributed by atoms with Crippen LogP contribution in [0, 0.1) is 5.92 Å². The summed E-state index contributed by atoms with van der Waals surface area (Å²) < 4.78 is 0. The summed E-state index contributed by atoms with van der Waals surface area (Å²) in [6.45, 7) is 3.94. The van der Waals surface area contributed by atoms with E-state index in [4.69, 9.17) is 0 Å². The summed E-state index contributed by atoms with van der Waals surface area (Å²) in [5.41, 5.74) is 1.28. The minimum absolute atomic E-state index is 0.217. The van der Waals surface area contributed by atoms with Gasteiger partial charge in [-0.2, -0.15) is 0 Å². The normalized spacial score (nSPS) is 12.4. The van der Waals surface area contributed by atoms with E-state index < -0.39 is 0 Å². The van der Waals surface area contributed by atoms with Gasteiger partial charge in [0.1, 0.15) is 5.78 Å². The van der Waals surface area contributed by atoms with Crippen molar-refractivity contribution in [1.29, 1.82) is 0 Å². The first kappa shape index (κ1) is 14.0. The molecular weight excluding hydrogens is 208 g/mol. The first-order valence-electron chi connectivity index (χ1n) is 6.78. The van der Waals surface area contributed by atoms with Crippen molar-refractivity contribution in [2.75, 3.05) is 0 Å².